The normalized spacial score (nSPS) is 13.2. The van der Waals surface area contributed by atoms with Gasteiger partial charge in [0.15, 0.2) is 0 Å². The first kappa shape index (κ1) is 9.45. The van der Waals surface area contributed by atoms with Gasteiger partial charge in [-0.05, 0) is 23.9 Å². The molecule has 1 aromatic rings. The number of rotatable bonds is 0. The van der Waals surface area contributed by atoms with Crippen LogP contribution in [0.15, 0.2) is 17.0 Å². The number of thioether (sulfide) groups is 1. The van der Waals surface area contributed by atoms with E-state index in [0.29, 0.717) is 4.90 Å². The maximum atomic E-state index is 11.3. The fourth-order valence-corrected chi connectivity index (χ4v) is 2.17. The summed E-state index contributed by atoms with van der Waals surface area (Å²) < 4.78 is 0. The van der Waals surface area contributed by atoms with E-state index in [2.05, 4.69) is 0 Å². The van der Waals surface area contributed by atoms with Crippen molar-refractivity contribution in [2.45, 2.75) is 4.90 Å². The molecule has 0 aliphatic carbocycles. The van der Waals surface area contributed by atoms with Crippen LogP contribution in [0.2, 0.25) is 0 Å². The van der Waals surface area contributed by atoms with E-state index in [-0.39, 0.29) is 16.7 Å². The number of carbonyl (C=O) groups excluding carboxylic acids is 2. The number of ketones is 1. The minimum atomic E-state index is -0.636. The number of nitriles is 2. The lowest BCUT2D eigenvalue weighted by Crippen LogP contribution is -2.02. The Hall–Kier alpha value is -2.11. The summed E-state index contributed by atoms with van der Waals surface area (Å²) in [6.07, 6.45) is 0. The second-order valence-corrected chi connectivity index (χ2v) is 3.83. The fourth-order valence-electron chi connectivity index (χ4n) is 1.30. The zero-order valence-corrected chi connectivity index (χ0v) is 8.09. The number of hydrogen-bond donors (Lipinski definition) is 0. The van der Waals surface area contributed by atoms with Crippen LogP contribution < -0.4 is 0 Å². The van der Waals surface area contributed by atoms with Crippen LogP contribution in [-0.4, -0.2) is 10.9 Å². The quantitative estimate of drug-likeness (QED) is 0.607. The number of nitrogens with zero attached hydrogens (tertiary/aromatic N) is 2. The van der Waals surface area contributed by atoms with Crippen molar-refractivity contribution in [1.82, 2.24) is 0 Å². The molecule has 0 spiro atoms. The zero-order valence-electron chi connectivity index (χ0n) is 7.27. The first-order valence-corrected chi connectivity index (χ1v) is 4.73. The highest BCUT2D eigenvalue weighted by Crippen LogP contribution is 2.35. The van der Waals surface area contributed by atoms with Crippen molar-refractivity contribution >= 4 is 22.7 Å². The van der Waals surface area contributed by atoms with Gasteiger partial charge in [-0.25, -0.2) is 0 Å². The van der Waals surface area contributed by atoms with Gasteiger partial charge in [0.25, 0.3) is 5.12 Å². The molecular formula is C10H2N2O2S. The molecule has 0 bridgehead atoms. The van der Waals surface area contributed by atoms with E-state index in [1.165, 1.54) is 12.1 Å². The third kappa shape index (κ3) is 1.30. The molecule has 1 heterocycles. The van der Waals surface area contributed by atoms with E-state index in [4.69, 9.17) is 10.5 Å². The smallest absolute Gasteiger partial charge is 0.264 e. The van der Waals surface area contributed by atoms with Crippen molar-refractivity contribution in [3.8, 4) is 12.1 Å². The summed E-state index contributed by atoms with van der Waals surface area (Å²) in [6, 6.07) is 6.43. The molecule has 1 aliphatic heterocycles. The molecule has 70 valence electrons. The summed E-state index contributed by atoms with van der Waals surface area (Å²) in [7, 11) is 0. The molecule has 0 radical (unpaired) electrons. The number of fused-ring (bicyclic) bond motifs is 1. The van der Waals surface area contributed by atoms with Gasteiger partial charge in [-0.1, -0.05) is 0 Å². The van der Waals surface area contributed by atoms with Crippen molar-refractivity contribution in [3.63, 3.8) is 0 Å². The Kier molecular flexibility index (Phi) is 2.03. The molecule has 4 nitrogen and oxygen atoms in total. The van der Waals surface area contributed by atoms with Crippen LogP contribution in [0.5, 0.6) is 0 Å². The first-order chi connectivity index (χ1) is 7.17. The highest BCUT2D eigenvalue weighted by Gasteiger charge is 2.32. The first-order valence-electron chi connectivity index (χ1n) is 3.92. The summed E-state index contributed by atoms with van der Waals surface area (Å²) >= 11 is 0.749. The fraction of sp³-hybridized carbons (Fsp3) is 0. The zero-order chi connectivity index (χ0) is 11.0. The summed E-state index contributed by atoms with van der Waals surface area (Å²) in [5.41, 5.74) is 0.586. The molecule has 0 saturated carbocycles. The van der Waals surface area contributed by atoms with E-state index in [9.17, 15) is 9.59 Å². The minimum Gasteiger partial charge on any atom is -0.284 e. The third-order valence-electron chi connectivity index (χ3n) is 1.96. The molecule has 1 aliphatic rings. The number of Topliss-reactive ketones (excluding diaryl/α,β-unsaturated/α-hetero) is 1. The van der Waals surface area contributed by atoms with Crippen LogP contribution in [0.4, 0.5) is 0 Å². The lowest BCUT2D eigenvalue weighted by molar-refractivity contribution is -0.107. The second-order valence-electron chi connectivity index (χ2n) is 2.84. The Morgan fingerprint density at radius 1 is 1.13 bits per heavy atom. The van der Waals surface area contributed by atoms with Crippen molar-refractivity contribution in [1.29, 1.82) is 10.5 Å². The molecule has 2 rings (SSSR count). The van der Waals surface area contributed by atoms with Gasteiger partial charge in [-0.15, -0.1) is 0 Å². The Labute approximate surface area is 89.1 Å². The van der Waals surface area contributed by atoms with Crippen LogP contribution in [0.25, 0.3) is 0 Å². The Morgan fingerprint density at radius 3 is 2.47 bits per heavy atom. The second kappa shape index (κ2) is 3.23. The van der Waals surface area contributed by atoms with Crippen LogP contribution in [0.3, 0.4) is 0 Å². The van der Waals surface area contributed by atoms with E-state index < -0.39 is 10.9 Å². The number of carbonyl (C=O) groups is 2. The van der Waals surface area contributed by atoms with Crippen molar-refractivity contribution in [3.05, 3.63) is 28.8 Å². The van der Waals surface area contributed by atoms with Gasteiger partial charge in [0.1, 0.15) is 6.07 Å². The van der Waals surface area contributed by atoms with E-state index >= 15 is 0 Å². The van der Waals surface area contributed by atoms with Gasteiger partial charge in [0.05, 0.1) is 17.2 Å². The molecule has 1 aromatic carbocycles. The van der Waals surface area contributed by atoms with Gasteiger partial charge in [-0.3, -0.25) is 9.59 Å². The van der Waals surface area contributed by atoms with Crippen molar-refractivity contribution in [2.75, 3.05) is 0 Å². The number of hydrogen-bond acceptors (Lipinski definition) is 5. The van der Waals surface area contributed by atoms with E-state index in [0.717, 1.165) is 11.8 Å². The minimum absolute atomic E-state index is 0.167. The maximum absolute atomic E-state index is 11.3. The van der Waals surface area contributed by atoms with Crippen LogP contribution in [0.1, 0.15) is 21.5 Å². The molecule has 15 heavy (non-hydrogen) atoms. The van der Waals surface area contributed by atoms with E-state index in [1.807, 2.05) is 12.1 Å². The Balaban J connectivity index is 2.76. The molecule has 0 N–H and O–H groups in total. The van der Waals surface area contributed by atoms with Crippen LogP contribution in [-0.2, 0) is 4.79 Å². The van der Waals surface area contributed by atoms with E-state index in [1.54, 1.807) is 0 Å². The Morgan fingerprint density at radius 2 is 1.87 bits per heavy atom. The van der Waals surface area contributed by atoms with Gasteiger partial charge in [0.2, 0.25) is 5.78 Å². The molecule has 0 unspecified atom stereocenters. The summed E-state index contributed by atoms with van der Waals surface area (Å²) in [5.74, 6) is -0.636. The standard InChI is InChI=1S/C10H2N2O2S/c11-3-5-1-6(4-12)9-7(2-5)8(13)10(14)15-9/h1-2H. The molecule has 0 amide bonds. The van der Waals surface area contributed by atoms with Gasteiger partial charge >= 0.3 is 0 Å². The summed E-state index contributed by atoms with van der Waals surface area (Å²) in [5, 5.41) is 16.9. The Bertz CT molecular complexity index is 578. The molecular weight excluding hydrogens is 212 g/mol. The molecule has 0 fully saturated rings. The predicted octanol–water partition coefficient (Wildman–Crippen LogP) is 1.24. The average molecular weight is 214 g/mol. The lowest BCUT2D eigenvalue weighted by Gasteiger charge is -1.98. The van der Waals surface area contributed by atoms with Gasteiger partial charge in [0, 0.05) is 10.5 Å². The third-order valence-corrected chi connectivity index (χ3v) is 2.98. The van der Waals surface area contributed by atoms with Crippen molar-refractivity contribution < 1.29 is 9.59 Å². The van der Waals surface area contributed by atoms with Crippen molar-refractivity contribution in [2.24, 2.45) is 0 Å². The van der Waals surface area contributed by atoms with Gasteiger partial charge < -0.3 is 0 Å². The molecule has 0 atom stereocenters. The van der Waals surface area contributed by atoms with Crippen LogP contribution >= 0.6 is 11.8 Å². The predicted molar refractivity (Wildman–Crippen MR) is 51.1 cm³/mol. The topological polar surface area (TPSA) is 81.7 Å². The molecule has 0 aromatic heterocycles. The number of benzene rings is 1. The highest BCUT2D eigenvalue weighted by atomic mass is 32.2. The summed E-state index contributed by atoms with van der Waals surface area (Å²) in [6.45, 7) is 0. The largest absolute Gasteiger partial charge is 0.284 e. The molecule has 0 saturated heterocycles. The van der Waals surface area contributed by atoms with Crippen LogP contribution in [0, 0.1) is 22.7 Å². The van der Waals surface area contributed by atoms with Gasteiger partial charge in [-0.2, -0.15) is 10.5 Å². The maximum Gasteiger partial charge on any atom is 0.264 e. The average Bonchev–Trinajstić information content (AvgIpc) is 2.54. The summed E-state index contributed by atoms with van der Waals surface area (Å²) in [4.78, 5) is 22.8. The lowest BCUT2D eigenvalue weighted by atomic mass is 10.0. The highest BCUT2D eigenvalue weighted by molar-refractivity contribution is 8.16. The SMILES string of the molecule is N#Cc1cc(C#N)c2c(c1)C(=O)C(=O)S2. The molecule has 5 heteroatoms. The monoisotopic (exact) mass is 214 g/mol.